The molecule has 1 saturated heterocycles. The predicted octanol–water partition coefficient (Wildman–Crippen LogP) is 2.21. The standard InChI is InChI=1S/C15H16F2N2O2S/c16-9-1-4-11(12(17)7-9)15-19(14(21)8-22-15)6-5-13(20)18-10-2-3-10/h1,4,7,10,15H,2-3,5-6,8H2,(H,18,20)/t15-/m1/s1. The van der Waals surface area contributed by atoms with E-state index in [9.17, 15) is 18.4 Å². The number of nitrogens with zero attached hydrogens (tertiary/aromatic N) is 1. The second-order valence-electron chi connectivity index (χ2n) is 5.51. The van der Waals surface area contributed by atoms with E-state index in [1.165, 1.54) is 28.8 Å². The van der Waals surface area contributed by atoms with Gasteiger partial charge in [-0.3, -0.25) is 9.59 Å². The van der Waals surface area contributed by atoms with Crippen LogP contribution in [0.3, 0.4) is 0 Å². The summed E-state index contributed by atoms with van der Waals surface area (Å²) in [6.45, 7) is 0.242. The molecule has 118 valence electrons. The van der Waals surface area contributed by atoms with Crippen LogP contribution in [-0.2, 0) is 9.59 Å². The van der Waals surface area contributed by atoms with Crippen LogP contribution in [0.15, 0.2) is 18.2 Å². The Hall–Kier alpha value is -1.63. The van der Waals surface area contributed by atoms with E-state index in [4.69, 9.17) is 0 Å². The maximum Gasteiger partial charge on any atom is 0.233 e. The molecule has 2 fully saturated rings. The third-order valence-corrected chi connectivity index (χ3v) is 4.96. The van der Waals surface area contributed by atoms with Gasteiger partial charge in [0.2, 0.25) is 11.8 Å². The molecule has 0 aromatic heterocycles. The van der Waals surface area contributed by atoms with Crippen molar-refractivity contribution in [2.24, 2.45) is 0 Å². The van der Waals surface area contributed by atoms with Crippen LogP contribution in [0.5, 0.6) is 0 Å². The molecule has 1 atom stereocenters. The maximum atomic E-state index is 13.9. The number of carbonyl (C=O) groups excluding carboxylic acids is 2. The lowest BCUT2D eigenvalue weighted by molar-refractivity contribution is -0.129. The number of benzene rings is 1. The van der Waals surface area contributed by atoms with Crippen molar-refractivity contribution in [1.82, 2.24) is 10.2 Å². The van der Waals surface area contributed by atoms with Gasteiger partial charge in [0.05, 0.1) is 5.75 Å². The summed E-state index contributed by atoms with van der Waals surface area (Å²) < 4.78 is 26.9. The minimum atomic E-state index is -0.667. The highest BCUT2D eigenvalue weighted by Crippen LogP contribution is 2.39. The third kappa shape index (κ3) is 3.40. The van der Waals surface area contributed by atoms with Crippen LogP contribution in [0.25, 0.3) is 0 Å². The van der Waals surface area contributed by atoms with Gasteiger partial charge in [-0.25, -0.2) is 8.78 Å². The SMILES string of the molecule is O=C(CCN1C(=O)CS[C@@H]1c1ccc(F)cc1F)NC1CC1. The maximum absolute atomic E-state index is 13.9. The summed E-state index contributed by atoms with van der Waals surface area (Å²) >= 11 is 1.29. The molecule has 0 radical (unpaired) electrons. The van der Waals surface area contributed by atoms with Gasteiger partial charge in [-0.2, -0.15) is 0 Å². The number of hydrogen-bond acceptors (Lipinski definition) is 3. The first-order valence-corrected chi connectivity index (χ1v) is 8.25. The van der Waals surface area contributed by atoms with E-state index in [0.29, 0.717) is 0 Å². The molecular formula is C15H16F2N2O2S. The molecule has 22 heavy (non-hydrogen) atoms. The number of hydrogen-bond donors (Lipinski definition) is 1. The zero-order chi connectivity index (χ0) is 15.7. The first-order chi connectivity index (χ1) is 10.5. The zero-order valence-electron chi connectivity index (χ0n) is 11.9. The van der Waals surface area contributed by atoms with Gasteiger partial charge in [-0.05, 0) is 18.9 Å². The van der Waals surface area contributed by atoms with Gasteiger partial charge in [0, 0.05) is 30.6 Å². The van der Waals surface area contributed by atoms with Crippen molar-refractivity contribution >= 4 is 23.6 Å². The summed E-state index contributed by atoms with van der Waals surface area (Å²) in [5.41, 5.74) is 0.278. The fourth-order valence-electron chi connectivity index (χ4n) is 2.40. The van der Waals surface area contributed by atoms with Gasteiger partial charge >= 0.3 is 0 Å². The minimum Gasteiger partial charge on any atom is -0.353 e. The molecule has 1 aliphatic carbocycles. The molecule has 0 bridgehead atoms. The summed E-state index contributed by atoms with van der Waals surface area (Å²) in [5, 5.41) is 2.36. The first kappa shape index (κ1) is 15.3. The largest absolute Gasteiger partial charge is 0.353 e. The highest BCUT2D eigenvalue weighted by Gasteiger charge is 2.34. The Morgan fingerprint density at radius 3 is 2.82 bits per heavy atom. The van der Waals surface area contributed by atoms with Gasteiger partial charge in [-0.15, -0.1) is 11.8 Å². The molecule has 0 unspecified atom stereocenters. The molecule has 2 amide bonds. The molecule has 1 aromatic carbocycles. The van der Waals surface area contributed by atoms with Crippen LogP contribution in [0.4, 0.5) is 8.78 Å². The number of rotatable bonds is 5. The first-order valence-electron chi connectivity index (χ1n) is 7.20. The van der Waals surface area contributed by atoms with Crippen molar-refractivity contribution in [1.29, 1.82) is 0 Å². The van der Waals surface area contributed by atoms with Crippen LogP contribution < -0.4 is 5.32 Å². The van der Waals surface area contributed by atoms with Gasteiger partial charge in [0.25, 0.3) is 0 Å². The molecule has 2 aliphatic rings. The molecule has 1 aromatic rings. The fourth-order valence-corrected chi connectivity index (χ4v) is 3.64. The Kier molecular flexibility index (Phi) is 4.33. The Morgan fingerprint density at radius 1 is 1.36 bits per heavy atom. The van der Waals surface area contributed by atoms with E-state index in [1.807, 2.05) is 0 Å². The smallest absolute Gasteiger partial charge is 0.233 e. The zero-order valence-corrected chi connectivity index (χ0v) is 12.7. The Balaban J connectivity index is 1.67. The third-order valence-electron chi connectivity index (χ3n) is 3.72. The quantitative estimate of drug-likeness (QED) is 0.902. The lowest BCUT2D eigenvalue weighted by atomic mass is 10.2. The van der Waals surface area contributed by atoms with E-state index < -0.39 is 17.0 Å². The second-order valence-corrected chi connectivity index (χ2v) is 6.58. The summed E-state index contributed by atoms with van der Waals surface area (Å²) in [7, 11) is 0. The van der Waals surface area contributed by atoms with Crippen molar-refractivity contribution < 1.29 is 18.4 Å². The number of amides is 2. The summed E-state index contributed by atoms with van der Waals surface area (Å²) in [4.78, 5) is 25.2. The topological polar surface area (TPSA) is 49.4 Å². The van der Waals surface area contributed by atoms with E-state index in [-0.39, 0.29) is 42.1 Å². The van der Waals surface area contributed by atoms with Crippen LogP contribution in [-0.4, -0.2) is 35.1 Å². The van der Waals surface area contributed by atoms with Gasteiger partial charge in [-0.1, -0.05) is 6.07 Å². The fraction of sp³-hybridized carbons (Fsp3) is 0.467. The van der Waals surface area contributed by atoms with Crippen LogP contribution >= 0.6 is 11.8 Å². The summed E-state index contributed by atoms with van der Waals surface area (Å²) in [5.74, 6) is -1.29. The average Bonchev–Trinajstić information content (AvgIpc) is 3.19. The molecule has 1 aliphatic heterocycles. The number of nitrogens with one attached hydrogen (secondary N) is 1. The van der Waals surface area contributed by atoms with E-state index >= 15 is 0 Å². The van der Waals surface area contributed by atoms with Crippen molar-refractivity contribution in [2.75, 3.05) is 12.3 Å². The molecule has 1 N–H and O–H groups in total. The molecular weight excluding hydrogens is 310 g/mol. The minimum absolute atomic E-state index is 0.0921. The van der Waals surface area contributed by atoms with E-state index in [2.05, 4.69) is 5.32 Å². The monoisotopic (exact) mass is 326 g/mol. The summed E-state index contributed by atoms with van der Waals surface area (Å²) in [6.07, 6.45) is 2.21. The van der Waals surface area contributed by atoms with Crippen molar-refractivity contribution in [3.8, 4) is 0 Å². The summed E-state index contributed by atoms with van der Waals surface area (Å²) in [6, 6.07) is 3.63. The molecule has 4 nitrogen and oxygen atoms in total. The molecule has 7 heteroatoms. The lowest BCUT2D eigenvalue weighted by Crippen LogP contribution is -2.34. The molecule has 3 rings (SSSR count). The number of halogens is 2. The highest BCUT2D eigenvalue weighted by molar-refractivity contribution is 8.00. The predicted molar refractivity (Wildman–Crippen MR) is 79.1 cm³/mol. The molecule has 1 heterocycles. The van der Waals surface area contributed by atoms with Crippen LogP contribution in [0.1, 0.15) is 30.2 Å². The number of carbonyl (C=O) groups is 2. The Bertz CT molecular complexity index is 607. The van der Waals surface area contributed by atoms with Gasteiger partial charge < -0.3 is 10.2 Å². The van der Waals surface area contributed by atoms with Crippen molar-refractivity contribution in [3.63, 3.8) is 0 Å². The van der Waals surface area contributed by atoms with Crippen LogP contribution in [0, 0.1) is 11.6 Å². The Morgan fingerprint density at radius 2 is 2.14 bits per heavy atom. The van der Waals surface area contributed by atoms with Gasteiger partial charge in [0.1, 0.15) is 17.0 Å². The second kappa shape index (κ2) is 6.24. The van der Waals surface area contributed by atoms with Gasteiger partial charge in [0.15, 0.2) is 0 Å². The molecule has 0 spiro atoms. The number of thioether (sulfide) groups is 1. The average molecular weight is 326 g/mol. The van der Waals surface area contributed by atoms with Crippen LogP contribution in [0.2, 0.25) is 0 Å². The van der Waals surface area contributed by atoms with E-state index in [0.717, 1.165) is 18.9 Å². The van der Waals surface area contributed by atoms with Crippen molar-refractivity contribution in [3.05, 3.63) is 35.4 Å². The normalized spacial score (nSPS) is 21.3. The Labute approximate surface area is 131 Å². The lowest BCUT2D eigenvalue weighted by Gasteiger charge is -2.24. The van der Waals surface area contributed by atoms with Crippen molar-refractivity contribution in [2.45, 2.75) is 30.7 Å². The van der Waals surface area contributed by atoms with E-state index in [1.54, 1.807) is 0 Å². The highest BCUT2D eigenvalue weighted by atomic mass is 32.2. The molecule has 1 saturated carbocycles.